The minimum absolute atomic E-state index is 0.664. The minimum atomic E-state index is 0.664. The molecule has 0 atom stereocenters. The highest BCUT2D eigenvalue weighted by Crippen LogP contribution is 2.28. The van der Waals surface area contributed by atoms with Gasteiger partial charge in [-0.1, -0.05) is 12.1 Å². The van der Waals surface area contributed by atoms with Crippen molar-refractivity contribution in [2.45, 2.75) is 0 Å². The van der Waals surface area contributed by atoms with Crippen molar-refractivity contribution in [2.75, 3.05) is 39.4 Å². The zero-order chi connectivity index (χ0) is 11.1. The molecular formula is C12H18N2O2. The summed E-state index contributed by atoms with van der Waals surface area (Å²) in [4.78, 5) is 0. The number of para-hydroxylation sites is 2. The number of benzene rings is 1. The lowest BCUT2D eigenvalue weighted by Gasteiger charge is -2.17. The third kappa shape index (κ3) is 3.40. The fourth-order valence-corrected chi connectivity index (χ4v) is 1.60. The first-order chi connectivity index (χ1) is 7.97. The average Bonchev–Trinajstić information content (AvgIpc) is 2.42. The Hall–Kier alpha value is -1.26. The summed E-state index contributed by atoms with van der Waals surface area (Å²) in [6, 6.07) is 7.70. The molecule has 2 N–H and O–H groups in total. The highest BCUT2D eigenvalue weighted by atomic mass is 16.6. The summed E-state index contributed by atoms with van der Waals surface area (Å²) < 4.78 is 10.6. The molecule has 88 valence electrons. The second-order valence-electron chi connectivity index (χ2n) is 3.64. The smallest absolute Gasteiger partial charge is 0.161 e. The molecule has 1 saturated heterocycles. The molecule has 1 aromatic carbocycles. The molecule has 4 heteroatoms. The van der Waals surface area contributed by atoms with Crippen LogP contribution in [0, 0.1) is 0 Å². The third-order valence-corrected chi connectivity index (χ3v) is 2.40. The van der Waals surface area contributed by atoms with Gasteiger partial charge < -0.3 is 20.1 Å². The van der Waals surface area contributed by atoms with E-state index in [-0.39, 0.29) is 0 Å². The summed E-state index contributed by atoms with van der Waals surface area (Å²) in [6.45, 7) is 5.88. The standard InChI is InChI=1S/C8H8O2.C4H10N2/c1-2-4-8-7(3-1)9-5-6-10-8;1-2-6-4-3-5-1/h1-4H,5-6H2;5-6H,1-4H2. The lowest BCUT2D eigenvalue weighted by atomic mass is 10.3. The molecule has 0 aromatic heterocycles. The molecule has 0 radical (unpaired) electrons. The molecular weight excluding hydrogens is 204 g/mol. The van der Waals surface area contributed by atoms with Crippen molar-refractivity contribution >= 4 is 0 Å². The highest BCUT2D eigenvalue weighted by Gasteiger charge is 2.07. The Morgan fingerprint density at radius 3 is 1.56 bits per heavy atom. The zero-order valence-electron chi connectivity index (χ0n) is 9.37. The van der Waals surface area contributed by atoms with Gasteiger partial charge in [-0.3, -0.25) is 0 Å². The van der Waals surface area contributed by atoms with Crippen molar-refractivity contribution < 1.29 is 9.47 Å². The number of rotatable bonds is 0. The topological polar surface area (TPSA) is 42.5 Å². The van der Waals surface area contributed by atoms with E-state index in [9.17, 15) is 0 Å². The molecule has 3 rings (SSSR count). The van der Waals surface area contributed by atoms with E-state index in [0.29, 0.717) is 13.2 Å². The fraction of sp³-hybridized carbons (Fsp3) is 0.500. The Balaban J connectivity index is 0.000000138. The van der Waals surface area contributed by atoms with Crippen molar-refractivity contribution in [1.29, 1.82) is 0 Å². The van der Waals surface area contributed by atoms with Crippen LogP contribution < -0.4 is 20.1 Å². The first kappa shape index (κ1) is 11.2. The second-order valence-corrected chi connectivity index (χ2v) is 3.64. The number of ether oxygens (including phenoxy) is 2. The number of nitrogens with one attached hydrogen (secondary N) is 2. The molecule has 0 aliphatic carbocycles. The zero-order valence-corrected chi connectivity index (χ0v) is 9.37. The highest BCUT2D eigenvalue weighted by molar-refractivity contribution is 5.40. The maximum absolute atomic E-state index is 5.30. The SMILES string of the molecule is C1CNCCN1.c1ccc2c(c1)OCCO2. The summed E-state index contributed by atoms with van der Waals surface area (Å²) in [5.74, 6) is 1.71. The van der Waals surface area contributed by atoms with Gasteiger partial charge in [-0.05, 0) is 12.1 Å². The third-order valence-electron chi connectivity index (χ3n) is 2.40. The number of piperazine rings is 1. The van der Waals surface area contributed by atoms with Gasteiger partial charge >= 0.3 is 0 Å². The Kier molecular flexibility index (Phi) is 4.46. The van der Waals surface area contributed by atoms with Crippen LogP contribution in [-0.4, -0.2) is 39.4 Å². The van der Waals surface area contributed by atoms with Crippen LogP contribution in [0.2, 0.25) is 0 Å². The maximum Gasteiger partial charge on any atom is 0.161 e. The summed E-state index contributed by atoms with van der Waals surface area (Å²) in [6.07, 6.45) is 0. The summed E-state index contributed by atoms with van der Waals surface area (Å²) in [7, 11) is 0. The van der Waals surface area contributed by atoms with Crippen LogP contribution in [0.25, 0.3) is 0 Å². The van der Waals surface area contributed by atoms with Gasteiger partial charge in [0.2, 0.25) is 0 Å². The maximum atomic E-state index is 5.30. The van der Waals surface area contributed by atoms with E-state index in [0.717, 1.165) is 37.7 Å². The first-order valence-electron chi connectivity index (χ1n) is 5.73. The van der Waals surface area contributed by atoms with Gasteiger partial charge in [-0.2, -0.15) is 0 Å². The van der Waals surface area contributed by atoms with Crippen molar-refractivity contribution in [1.82, 2.24) is 10.6 Å². The Bertz CT molecular complexity index is 277. The van der Waals surface area contributed by atoms with Crippen molar-refractivity contribution in [3.63, 3.8) is 0 Å². The number of fused-ring (bicyclic) bond motifs is 1. The fourth-order valence-electron chi connectivity index (χ4n) is 1.60. The van der Waals surface area contributed by atoms with Crippen molar-refractivity contribution in [3.8, 4) is 11.5 Å². The molecule has 2 aliphatic rings. The monoisotopic (exact) mass is 222 g/mol. The van der Waals surface area contributed by atoms with Gasteiger partial charge in [-0.25, -0.2) is 0 Å². The van der Waals surface area contributed by atoms with Crippen LogP contribution >= 0.6 is 0 Å². The van der Waals surface area contributed by atoms with E-state index in [2.05, 4.69) is 10.6 Å². The van der Waals surface area contributed by atoms with Gasteiger partial charge in [0, 0.05) is 26.2 Å². The van der Waals surface area contributed by atoms with E-state index in [4.69, 9.17) is 9.47 Å². The lowest BCUT2D eigenvalue weighted by molar-refractivity contribution is 0.171. The number of hydrogen-bond acceptors (Lipinski definition) is 4. The van der Waals surface area contributed by atoms with Gasteiger partial charge in [0.05, 0.1) is 0 Å². The van der Waals surface area contributed by atoms with E-state index < -0.39 is 0 Å². The molecule has 2 aliphatic heterocycles. The van der Waals surface area contributed by atoms with Crippen LogP contribution in [0.5, 0.6) is 11.5 Å². The Morgan fingerprint density at radius 1 is 0.750 bits per heavy atom. The van der Waals surface area contributed by atoms with Crippen molar-refractivity contribution in [2.24, 2.45) is 0 Å². The van der Waals surface area contributed by atoms with Crippen LogP contribution in [0.4, 0.5) is 0 Å². The lowest BCUT2D eigenvalue weighted by Crippen LogP contribution is -2.39. The van der Waals surface area contributed by atoms with Crippen LogP contribution in [0.15, 0.2) is 24.3 Å². The minimum Gasteiger partial charge on any atom is -0.486 e. The summed E-state index contributed by atoms with van der Waals surface area (Å²) >= 11 is 0. The predicted octanol–water partition coefficient (Wildman–Crippen LogP) is 0.637. The summed E-state index contributed by atoms with van der Waals surface area (Å²) in [5.41, 5.74) is 0. The van der Waals surface area contributed by atoms with Crippen LogP contribution in [0.3, 0.4) is 0 Å². The van der Waals surface area contributed by atoms with Crippen LogP contribution in [-0.2, 0) is 0 Å². The quantitative estimate of drug-likeness (QED) is 0.676. The van der Waals surface area contributed by atoms with Gasteiger partial charge in [-0.15, -0.1) is 0 Å². The van der Waals surface area contributed by atoms with E-state index in [1.165, 1.54) is 0 Å². The predicted molar refractivity (Wildman–Crippen MR) is 63.2 cm³/mol. The number of hydrogen-bond donors (Lipinski definition) is 2. The van der Waals surface area contributed by atoms with Gasteiger partial charge in [0.15, 0.2) is 11.5 Å². The van der Waals surface area contributed by atoms with Gasteiger partial charge in [0.1, 0.15) is 13.2 Å². The normalized spacial score (nSPS) is 18.2. The van der Waals surface area contributed by atoms with Gasteiger partial charge in [0.25, 0.3) is 0 Å². The molecule has 0 unspecified atom stereocenters. The largest absolute Gasteiger partial charge is 0.486 e. The average molecular weight is 222 g/mol. The first-order valence-corrected chi connectivity index (χ1v) is 5.73. The van der Waals surface area contributed by atoms with E-state index in [1.807, 2.05) is 24.3 Å². The van der Waals surface area contributed by atoms with Crippen molar-refractivity contribution in [3.05, 3.63) is 24.3 Å². The molecule has 2 heterocycles. The van der Waals surface area contributed by atoms with E-state index in [1.54, 1.807) is 0 Å². The molecule has 16 heavy (non-hydrogen) atoms. The second kappa shape index (κ2) is 6.35. The molecule has 4 nitrogen and oxygen atoms in total. The molecule has 0 spiro atoms. The van der Waals surface area contributed by atoms with E-state index >= 15 is 0 Å². The summed E-state index contributed by atoms with van der Waals surface area (Å²) in [5, 5.41) is 6.44. The Labute approximate surface area is 95.9 Å². The molecule has 0 amide bonds. The molecule has 1 aromatic rings. The molecule has 1 fully saturated rings. The molecule has 0 saturated carbocycles. The molecule has 0 bridgehead atoms. The van der Waals surface area contributed by atoms with Crippen LogP contribution in [0.1, 0.15) is 0 Å². The Morgan fingerprint density at radius 2 is 1.19 bits per heavy atom.